The Balaban J connectivity index is 1.47. The van der Waals surface area contributed by atoms with Gasteiger partial charge < -0.3 is 9.55 Å². The van der Waals surface area contributed by atoms with E-state index in [1.807, 2.05) is 55.5 Å². The lowest BCUT2D eigenvalue weighted by atomic mass is 10.1. The Morgan fingerprint density at radius 3 is 2.63 bits per heavy atom. The number of aromatic nitrogens is 6. The van der Waals surface area contributed by atoms with Gasteiger partial charge in [-0.05, 0) is 50.5 Å². The van der Waals surface area contributed by atoms with Gasteiger partial charge in [0.2, 0.25) is 0 Å². The van der Waals surface area contributed by atoms with Crippen LogP contribution in [0.1, 0.15) is 43.0 Å². The van der Waals surface area contributed by atoms with Gasteiger partial charge in [-0.15, -0.1) is 5.10 Å². The molecule has 176 valence electrons. The van der Waals surface area contributed by atoms with Crippen molar-refractivity contribution in [2.45, 2.75) is 49.6 Å². The maximum absolute atomic E-state index is 13.4. The third-order valence-corrected chi connectivity index (χ3v) is 7.57. The first-order chi connectivity index (χ1) is 17.1. The highest BCUT2D eigenvalue weighted by atomic mass is 32.2. The number of rotatable bonds is 4. The first kappa shape index (κ1) is 21.8. The molecule has 0 spiro atoms. The molecule has 1 unspecified atom stereocenters. The van der Waals surface area contributed by atoms with Crippen molar-refractivity contribution in [1.82, 2.24) is 29.3 Å². The summed E-state index contributed by atoms with van der Waals surface area (Å²) in [5.74, 6) is 1.06. The molecule has 0 fully saturated rings. The van der Waals surface area contributed by atoms with Crippen LogP contribution in [0.3, 0.4) is 0 Å². The van der Waals surface area contributed by atoms with Crippen LogP contribution in [0.5, 0.6) is 0 Å². The van der Waals surface area contributed by atoms with Gasteiger partial charge in [0, 0.05) is 12.2 Å². The van der Waals surface area contributed by atoms with Crippen LogP contribution in [0, 0.1) is 0 Å². The quantitative estimate of drug-likeness (QED) is 0.301. The minimum absolute atomic E-state index is 0.130. The van der Waals surface area contributed by atoms with Gasteiger partial charge in [0.15, 0.2) is 11.0 Å². The van der Waals surface area contributed by atoms with E-state index in [2.05, 4.69) is 14.6 Å². The summed E-state index contributed by atoms with van der Waals surface area (Å²) in [5.41, 5.74) is 2.72. The van der Waals surface area contributed by atoms with Crippen LogP contribution in [-0.2, 0) is 13.0 Å². The molecule has 3 aromatic rings. The Morgan fingerprint density at radius 1 is 0.971 bits per heavy atom. The molecule has 35 heavy (non-hydrogen) atoms. The Kier molecular flexibility index (Phi) is 5.49. The lowest BCUT2D eigenvalue weighted by Crippen LogP contribution is -2.19. The van der Waals surface area contributed by atoms with Crippen LogP contribution >= 0.6 is 11.8 Å². The molecule has 1 atom stereocenters. The Labute approximate surface area is 205 Å². The summed E-state index contributed by atoms with van der Waals surface area (Å²) in [7, 11) is 0. The number of nitrogens with zero attached hydrogens (tertiary/aromatic N) is 5. The molecule has 4 heterocycles. The normalized spacial score (nSPS) is 14.7. The van der Waals surface area contributed by atoms with E-state index in [4.69, 9.17) is 9.97 Å². The standard InChI is InChI=1S/C26H24N6O2S/c1-16(22-27-19-13-8-7-12-18(19)24(33)28-22)35-26-29-23-21(20-14-6-3-9-15-31(20)26)25(34)32(30-23)17-10-4-2-5-11-17/h2,4-5,7-8,10-13,16H,3,6,9,14-15H2,1H3,(H,27,28,33). The molecule has 0 amide bonds. The van der Waals surface area contributed by atoms with Crippen LogP contribution in [0.4, 0.5) is 0 Å². The Bertz CT molecular complexity index is 1620. The lowest BCUT2D eigenvalue weighted by molar-refractivity contribution is 0.570. The first-order valence-electron chi connectivity index (χ1n) is 11.8. The second kappa shape index (κ2) is 8.81. The number of hydrogen-bond donors (Lipinski definition) is 1. The molecular weight excluding hydrogens is 460 g/mol. The van der Waals surface area contributed by atoms with Crippen LogP contribution in [0.2, 0.25) is 0 Å². The molecule has 0 aliphatic carbocycles. The van der Waals surface area contributed by atoms with E-state index in [0.717, 1.165) is 48.8 Å². The summed E-state index contributed by atoms with van der Waals surface area (Å²) in [5, 5.41) is 5.82. The molecule has 0 saturated heterocycles. The smallest absolute Gasteiger partial charge is 0.284 e. The summed E-state index contributed by atoms with van der Waals surface area (Å²) in [6.07, 6.45) is 3.96. The molecular formula is C26H24N6O2S. The van der Waals surface area contributed by atoms with Crippen molar-refractivity contribution in [1.29, 1.82) is 0 Å². The largest absolute Gasteiger partial charge is 0.324 e. The average Bonchev–Trinajstić information content (AvgIpc) is 3.04. The molecule has 0 radical (unpaired) electrons. The van der Waals surface area contributed by atoms with Crippen LogP contribution in [-0.4, -0.2) is 29.3 Å². The summed E-state index contributed by atoms with van der Waals surface area (Å²) >= 11 is 1.53. The molecule has 1 N–H and O–H groups in total. The van der Waals surface area contributed by atoms with Crippen molar-refractivity contribution < 1.29 is 0 Å². The number of aromatic amines is 1. The molecule has 1 aromatic heterocycles. The number of benzene rings is 2. The van der Waals surface area contributed by atoms with Crippen LogP contribution in [0.25, 0.3) is 28.0 Å². The molecule has 3 aliphatic rings. The van der Waals surface area contributed by atoms with Gasteiger partial charge >= 0.3 is 0 Å². The van der Waals surface area contributed by atoms with Gasteiger partial charge in [0.05, 0.1) is 21.8 Å². The van der Waals surface area contributed by atoms with Crippen molar-refractivity contribution in [2.24, 2.45) is 0 Å². The fourth-order valence-corrected chi connectivity index (χ4v) is 5.71. The predicted molar refractivity (Wildman–Crippen MR) is 136 cm³/mol. The first-order valence-corrected chi connectivity index (χ1v) is 12.7. The second-order valence-electron chi connectivity index (χ2n) is 8.78. The van der Waals surface area contributed by atoms with Crippen LogP contribution < -0.4 is 11.1 Å². The fraction of sp³-hybridized carbons (Fsp3) is 0.269. The second-order valence-corrected chi connectivity index (χ2v) is 10.1. The van der Waals surface area contributed by atoms with Gasteiger partial charge in [-0.2, -0.15) is 4.68 Å². The van der Waals surface area contributed by atoms with Crippen molar-refractivity contribution >= 4 is 22.7 Å². The molecule has 2 aromatic carbocycles. The SMILES string of the molecule is CC(Sc1nc2nn(-c3ccccc3)c(=O)c-2c2n1CCCCC2)c1nc2ccccc2c(=O)[nH]1. The van der Waals surface area contributed by atoms with E-state index in [-0.39, 0.29) is 16.4 Å². The predicted octanol–water partition coefficient (Wildman–Crippen LogP) is 4.35. The van der Waals surface area contributed by atoms with Gasteiger partial charge in [0.1, 0.15) is 11.4 Å². The number of hydrogen-bond acceptors (Lipinski definition) is 6. The van der Waals surface area contributed by atoms with Crippen molar-refractivity contribution in [3.8, 4) is 17.1 Å². The van der Waals surface area contributed by atoms with E-state index >= 15 is 0 Å². The van der Waals surface area contributed by atoms with E-state index < -0.39 is 0 Å². The minimum Gasteiger partial charge on any atom is -0.324 e. The molecule has 9 heteroatoms. The average molecular weight is 485 g/mol. The van der Waals surface area contributed by atoms with Crippen molar-refractivity contribution in [3.63, 3.8) is 0 Å². The highest BCUT2D eigenvalue weighted by Crippen LogP contribution is 2.36. The topological polar surface area (TPSA) is 98.5 Å². The summed E-state index contributed by atoms with van der Waals surface area (Å²) in [4.78, 5) is 38.5. The molecule has 0 saturated carbocycles. The highest BCUT2D eigenvalue weighted by Gasteiger charge is 2.28. The van der Waals surface area contributed by atoms with Crippen molar-refractivity contribution in [3.05, 3.63) is 86.8 Å². The van der Waals surface area contributed by atoms with Crippen molar-refractivity contribution in [2.75, 3.05) is 0 Å². The summed E-state index contributed by atoms with van der Waals surface area (Å²) in [6.45, 7) is 2.81. The summed E-state index contributed by atoms with van der Waals surface area (Å²) < 4.78 is 3.62. The third kappa shape index (κ3) is 3.85. The monoisotopic (exact) mass is 484 g/mol. The van der Waals surface area contributed by atoms with E-state index in [9.17, 15) is 9.59 Å². The zero-order valence-electron chi connectivity index (χ0n) is 19.3. The number of nitrogens with one attached hydrogen (secondary N) is 1. The third-order valence-electron chi connectivity index (χ3n) is 6.47. The number of para-hydroxylation sites is 2. The number of fused-ring (bicyclic) bond motifs is 4. The molecule has 0 bridgehead atoms. The molecule has 3 aliphatic heterocycles. The fourth-order valence-electron chi connectivity index (χ4n) is 4.70. The van der Waals surface area contributed by atoms with E-state index in [1.54, 1.807) is 6.07 Å². The van der Waals surface area contributed by atoms with Crippen LogP contribution in [0.15, 0.2) is 69.3 Å². The van der Waals surface area contributed by atoms with Gasteiger partial charge in [0.25, 0.3) is 11.1 Å². The van der Waals surface area contributed by atoms with E-state index in [0.29, 0.717) is 28.1 Å². The van der Waals surface area contributed by atoms with Gasteiger partial charge in [-0.1, -0.05) is 48.5 Å². The van der Waals surface area contributed by atoms with Gasteiger partial charge in [-0.25, -0.2) is 9.97 Å². The van der Waals surface area contributed by atoms with Gasteiger partial charge in [-0.3, -0.25) is 9.59 Å². The number of H-pyrrole nitrogens is 1. The zero-order chi connectivity index (χ0) is 23.9. The maximum Gasteiger partial charge on any atom is 0.284 e. The maximum atomic E-state index is 13.4. The number of thioether (sulfide) groups is 1. The molecule has 6 rings (SSSR count). The summed E-state index contributed by atoms with van der Waals surface area (Å²) in [6, 6.07) is 16.8. The minimum atomic E-state index is -0.153. The zero-order valence-corrected chi connectivity index (χ0v) is 20.1. The molecule has 8 nitrogen and oxygen atoms in total. The lowest BCUT2D eigenvalue weighted by Gasteiger charge is -2.19. The Hall–Kier alpha value is -3.72. The highest BCUT2D eigenvalue weighted by molar-refractivity contribution is 7.99. The van der Waals surface area contributed by atoms with E-state index in [1.165, 1.54) is 16.4 Å². The Morgan fingerprint density at radius 2 is 1.77 bits per heavy atom.